The Kier molecular flexibility index (Phi) is 2.44. The van der Waals surface area contributed by atoms with Crippen LogP contribution in [0.3, 0.4) is 0 Å². The molecule has 0 fully saturated rings. The van der Waals surface area contributed by atoms with Crippen molar-refractivity contribution in [2.24, 2.45) is 7.05 Å². The van der Waals surface area contributed by atoms with Gasteiger partial charge in [0.05, 0.1) is 18.2 Å². The van der Waals surface area contributed by atoms with E-state index in [4.69, 9.17) is 5.26 Å². The van der Waals surface area contributed by atoms with E-state index in [1.165, 1.54) is 0 Å². The topological polar surface area (TPSA) is 54.5 Å². The number of aromatic nitrogens is 3. The Morgan fingerprint density at radius 1 is 1.58 bits per heavy atom. The largest absolute Gasteiger partial charge is 0.252 e. The van der Waals surface area contributed by atoms with Crippen molar-refractivity contribution in [1.29, 1.82) is 5.26 Å². The van der Waals surface area contributed by atoms with Gasteiger partial charge in [0, 0.05) is 7.05 Å². The summed E-state index contributed by atoms with van der Waals surface area (Å²) in [6.45, 7) is 4.14. The van der Waals surface area contributed by atoms with E-state index in [0.29, 0.717) is 12.3 Å². The van der Waals surface area contributed by atoms with Crippen LogP contribution in [0.25, 0.3) is 0 Å². The summed E-state index contributed by atoms with van der Waals surface area (Å²) in [7, 11) is 1.85. The van der Waals surface area contributed by atoms with Gasteiger partial charge in [-0.25, -0.2) is 0 Å². The maximum atomic E-state index is 8.51. The maximum absolute atomic E-state index is 8.51. The average Bonchev–Trinajstić information content (AvgIpc) is 2.32. The molecule has 64 valence electrons. The molecule has 12 heavy (non-hydrogen) atoms. The summed E-state index contributed by atoms with van der Waals surface area (Å²) in [6, 6.07) is 2.08. The molecule has 0 aliphatic heterocycles. The zero-order valence-electron chi connectivity index (χ0n) is 7.57. The van der Waals surface area contributed by atoms with Gasteiger partial charge in [0.15, 0.2) is 0 Å². The first-order valence-corrected chi connectivity index (χ1v) is 3.92. The first kappa shape index (κ1) is 8.72. The number of hydrogen-bond acceptors (Lipinski definition) is 3. The van der Waals surface area contributed by atoms with Gasteiger partial charge in [0.25, 0.3) is 0 Å². The van der Waals surface area contributed by atoms with Gasteiger partial charge in [-0.15, -0.1) is 5.10 Å². The molecule has 0 saturated heterocycles. The van der Waals surface area contributed by atoms with Crippen LogP contribution in [0.5, 0.6) is 0 Å². The van der Waals surface area contributed by atoms with Crippen LogP contribution in [0.4, 0.5) is 0 Å². The van der Waals surface area contributed by atoms with Crippen molar-refractivity contribution >= 4 is 0 Å². The van der Waals surface area contributed by atoms with E-state index in [1.807, 2.05) is 7.05 Å². The van der Waals surface area contributed by atoms with Crippen LogP contribution in [0.15, 0.2) is 0 Å². The molecule has 0 aliphatic rings. The van der Waals surface area contributed by atoms with Crippen molar-refractivity contribution < 1.29 is 0 Å². The van der Waals surface area contributed by atoms with E-state index in [2.05, 4.69) is 30.2 Å². The van der Waals surface area contributed by atoms with E-state index in [9.17, 15) is 0 Å². The standard InChI is InChI=1S/C8H12N4/c1-6(2)8-7(4-5-9)10-11-12(8)3/h6H,4H2,1-3H3. The fraction of sp³-hybridized carbons (Fsp3) is 0.625. The quantitative estimate of drug-likeness (QED) is 0.655. The Labute approximate surface area is 71.8 Å². The highest BCUT2D eigenvalue weighted by atomic mass is 15.4. The first-order valence-electron chi connectivity index (χ1n) is 3.92. The molecular formula is C8H12N4. The molecule has 0 N–H and O–H groups in total. The summed E-state index contributed by atoms with van der Waals surface area (Å²) in [4.78, 5) is 0. The summed E-state index contributed by atoms with van der Waals surface area (Å²) < 4.78 is 1.73. The molecule has 0 bridgehead atoms. The van der Waals surface area contributed by atoms with Gasteiger partial charge in [-0.3, -0.25) is 4.68 Å². The molecule has 0 radical (unpaired) electrons. The zero-order valence-corrected chi connectivity index (χ0v) is 7.57. The van der Waals surface area contributed by atoms with Crippen molar-refractivity contribution in [3.05, 3.63) is 11.4 Å². The van der Waals surface area contributed by atoms with Crippen LogP contribution in [0.2, 0.25) is 0 Å². The summed E-state index contributed by atoms with van der Waals surface area (Å²) in [5, 5.41) is 16.3. The van der Waals surface area contributed by atoms with E-state index in [1.54, 1.807) is 4.68 Å². The second-order valence-corrected chi connectivity index (χ2v) is 3.03. The molecule has 4 heteroatoms. The molecule has 0 amide bonds. The lowest BCUT2D eigenvalue weighted by Crippen LogP contribution is -2.02. The van der Waals surface area contributed by atoms with Gasteiger partial charge < -0.3 is 0 Å². The third-order valence-corrected chi connectivity index (χ3v) is 1.74. The van der Waals surface area contributed by atoms with Crippen molar-refractivity contribution in [1.82, 2.24) is 15.0 Å². The van der Waals surface area contributed by atoms with Crippen LogP contribution in [-0.2, 0) is 13.5 Å². The molecule has 1 aromatic heterocycles. The van der Waals surface area contributed by atoms with Crippen molar-refractivity contribution in [2.75, 3.05) is 0 Å². The molecule has 0 spiro atoms. The molecule has 0 atom stereocenters. The fourth-order valence-corrected chi connectivity index (χ4v) is 1.31. The van der Waals surface area contributed by atoms with Gasteiger partial charge in [-0.2, -0.15) is 5.26 Å². The Hall–Kier alpha value is -1.37. The van der Waals surface area contributed by atoms with Crippen molar-refractivity contribution in [3.8, 4) is 6.07 Å². The molecule has 4 nitrogen and oxygen atoms in total. The van der Waals surface area contributed by atoms with E-state index in [0.717, 1.165) is 11.4 Å². The summed E-state index contributed by atoms with van der Waals surface area (Å²) >= 11 is 0. The molecule has 0 aromatic carbocycles. The minimum atomic E-state index is 0.349. The predicted molar refractivity (Wildman–Crippen MR) is 44.4 cm³/mol. The normalized spacial score (nSPS) is 10.2. The maximum Gasteiger partial charge on any atom is 0.100 e. The number of nitrogens with zero attached hydrogens (tertiary/aromatic N) is 4. The Bertz CT molecular complexity index is 305. The Morgan fingerprint density at radius 2 is 2.25 bits per heavy atom. The lowest BCUT2D eigenvalue weighted by molar-refractivity contribution is 0.647. The molecule has 0 aliphatic carbocycles. The minimum absolute atomic E-state index is 0.349. The van der Waals surface area contributed by atoms with Crippen LogP contribution < -0.4 is 0 Å². The summed E-state index contributed by atoms with van der Waals surface area (Å²) in [5.41, 5.74) is 1.85. The van der Waals surface area contributed by atoms with Gasteiger partial charge in [-0.05, 0) is 5.92 Å². The molecule has 0 saturated carbocycles. The van der Waals surface area contributed by atoms with Gasteiger partial charge in [0.2, 0.25) is 0 Å². The SMILES string of the molecule is CC(C)c1c(CC#N)nnn1C. The third-order valence-electron chi connectivity index (χ3n) is 1.74. The van der Waals surface area contributed by atoms with Crippen LogP contribution in [-0.4, -0.2) is 15.0 Å². The van der Waals surface area contributed by atoms with Crippen molar-refractivity contribution in [3.63, 3.8) is 0 Å². The van der Waals surface area contributed by atoms with Gasteiger partial charge >= 0.3 is 0 Å². The monoisotopic (exact) mass is 164 g/mol. The number of rotatable bonds is 2. The zero-order chi connectivity index (χ0) is 9.14. The smallest absolute Gasteiger partial charge is 0.100 e. The van der Waals surface area contributed by atoms with E-state index < -0.39 is 0 Å². The van der Waals surface area contributed by atoms with Gasteiger partial charge in [0.1, 0.15) is 5.69 Å². The molecule has 1 rings (SSSR count). The molecule has 0 unspecified atom stereocenters. The second kappa shape index (κ2) is 3.35. The minimum Gasteiger partial charge on any atom is -0.252 e. The van der Waals surface area contributed by atoms with Crippen LogP contribution in [0.1, 0.15) is 31.2 Å². The van der Waals surface area contributed by atoms with Crippen molar-refractivity contribution in [2.45, 2.75) is 26.2 Å². The fourth-order valence-electron chi connectivity index (χ4n) is 1.31. The second-order valence-electron chi connectivity index (χ2n) is 3.03. The summed E-state index contributed by atoms with van der Waals surface area (Å²) in [5.74, 6) is 0.369. The van der Waals surface area contributed by atoms with Crippen LogP contribution >= 0.6 is 0 Å². The Balaban J connectivity index is 3.05. The highest BCUT2D eigenvalue weighted by Gasteiger charge is 2.12. The number of aryl methyl sites for hydroxylation is 1. The number of hydrogen-bond donors (Lipinski definition) is 0. The molecular weight excluding hydrogens is 152 g/mol. The Morgan fingerprint density at radius 3 is 2.75 bits per heavy atom. The average molecular weight is 164 g/mol. The molecule has 1 aromatic rings. The first-order chi connectivity index (χ1) is 5.66. The van der Waals surface area contributed by atoms with E-state index in [-0.39, 0.29) is 0 Å². The van der Waals surface area contributed by atoms with E-state index >= 15 is 0 Å². The highest BCUT2D eigenvalue weighted by molar-refractivity contribution is 5.17. The summed E-state index contributed by atoms with van der Waals surface area (Å²) in [6.07, 6.45) is 0.349. The lowest BCUT2D eigenvalue weighted by Gasteiger charge is -2.04. The molecule has 1 heterocycles. The predicted octanol–water partition coefficient (Wildman–Crippen LogP) is 1.00. The number of nitriles is 1. The van der Waals surface area contributed by atoms with Gasteiger partial charge in [-0.1, -0.05) is 19.1 Å². The lowest BCUT2D eigenvalue weighted by atomic mass is 10.1. The third kappa shape index (κ3) is 1.45. The van der Waals surface area contributed by atoms with Crippen LogP contribution in [0, 0.1) is 11.3 Å². The highest BCUT2D eigenvalue weighted by Crippen LogP contribution is 2.16.